The summed E-state index contributed by atoms with van der Waals surface area (Å²) in [4.78, 5) is 40.6. The number of hydrogen-bond acceptors (Lipinski definition) is 16. The first-order valence-corrected chi connectivity index (χ1v) is 15.4. The molecule has 3 heterocycles. The van der Waals surface area contributed by atoms with E-state index >= 15 is 0 Å². The maximum atomic E-state index is 13.6. The Morgan fingerprint density at radius 1 is 1.11 bits per heavy atom. The van der Waals surface area contributed by atoms with Crippen molar-refractivity contribution in [2.24, 2.45) is 17.3 Å². The van der Waals surface area contributed by atoms with Crippen LogP contribution < -0.4 is 5.73 Å². The van der Waals surface area contributed by atoms with E-state index in [0.717, 1.165) is 6.33 Å². The van der Waals surface area contributed by atoms with Gasteiger partial charge < -0.3 is 29.8 Å². The van der Waals surface area contributed by atoms with Gasteiger partial charge in [-0.25, -0.2) is 23.1 Å². The van der Waals surface area contributed by atoms with Crippen LogP contribution in [0.4, 0.5) is 5.82 Å². The fourth-order valence-electron chi connectivity index (χ4n) is 3.90. The average Bonchev–Trinajstić information content (AvgIpc) is 3.52. The molecule has 1 unspecified atom stereocenters. The Hall–Kier alpha value is -3.65. The normalized spacial score (nSPS) is 23.1. The summed E-state index contributed by atoms with van der Waals surface area (Å²) < 4.78 is 52.0. The van der Waals surface area contributed by atoms with Gasteiger partial charge in [0.1, 0.15) is 30.1 Å². The third kappa shape index (κ3) is 8.15. The molecular formula is C27H38N5O12P. The Kier molecular flexibility index (Phi) is 11.3. The number of aliphatic hydroxyl groups excluding tert-OH is 1. The minimum Gasteiger partial charge on any atom is -0.456 e. The number of aromatic nitrogens is 3. The standard InChI is InChI=1S/C27H38N5O12P/c1-15(2)23(34)38-13-41-45(37,42-14-39-25(36)26(5,6)7)40-10-18-20(43-24(35)16(3)4)21(33)27(11-28,44-18)19-9-8-17-22(29)30-12-31-32(17)19/h8-9,12,15-16,18,20-21,33H,10,13-14H2,1-7H3,(H2,29,30,31)/t18-,20-,21-,27+,45?/m1/s1. The zero-order valence-electron chi connectivity index (χ0n) is 26.0. The molecule has 2 aromatic rings. The van der Waals surface area contributed by atoms with E-state index in [1.54, 1.807) is 48.5 Å². The highest BCUT2D eigenvalue weighted by Gasteiger charge is 2.60. The molecule has 0 amide bonds. The molecule has 17 nitrogen and oxygen atoms in total. The number of esters is 3. The first kappa shape index (κ1) is 35.8. The Balaban J connectivity index is 1.91. The van der Waals surface area contributed by atoms with E-state index in [0.29, 0.717) is 5.52 Å². The highest BCUT2D eigenvalue weighted by molar-refractivity contribution is 7.48. The van der Waals surface area contributed by atoms with Crippen molar-refractivity contribution in [3.63, 3.8) is 0 Å². The molecule has 3 N–H and O–H groups in total. The van der Waals surface area contributed by atoms with Gasteiger partial charge in [-0.05, 0) is 32.9 Å². The lowest BCUT2D eigenvalue weighted by Gasteiger charge is -2.25. The van der Waals surface area contributed by atoms with Crippen LogP contribution in [0.5, 0.6) is 0 Å². The number of nitrogens with zero attached hydrogens (tertiary/aromatic N) is 4. The SMILES string of the molecule is CC(C)C(=O)OCOP(=O)(OCOC(=O)C(C)(C)C)OC[C@H]1O[C@@](C#N)(c2ccc3c(N)ncnn23)[C@H](O)[C@@H]1OC(=O)C(C)C. The summed E-state index contributed by atoms with van der Waals surface area (Å²) >= 11 is 0. The molecule has 45 heavy (non-hydrogen) atoms. The van der Waals surface area contributed by atoms with Crippen LogP contribution in [0.3, 0.4) is 0 Å². The summed E-state index contributed by atoms with van der Waals surface area (Å²) in [6.07, 6.45) is -3.65. The van der Waals surface area contributed by atoms with E-state index in [-0.39, 0.29) is 11.5 Å². The maximum Gasteiger partial charge on any atom is 0.480 e. The van der Waals surface area contributed by atoms with Crippen molar-refractivity contribution >= 4 is 37.1 Å². The van der Waals surface area contributed by atoms with Crippen molar-refractivity contribution in [1.29, 1.82) is 5.26 Å². The molecule has 0 radical (unpaired) electrons. The molecule has 1 saturated heterocycles. The molecular weight excluding hydrogens is 617 g/mol. The molecule has 18 heteroatoms. The highest BCUT2D eigenvalue weighted by atomic mass is 31.2. The molecule has 1 aliphatic rings. The molecule has 0 saturated carbocycles. The number of carbonyl (C=O) groups is 3. The van der Waals surface area contributed by atoms with Crippen LogP contribution in [0.1, 0.15) is 54.2 Å². The Morgan fingerprint density at radius 2 is 1.73 bits per heavy atom. The monoisotopic (exact) mass is 655 g/mol. The first-order chi connectivity index (χ1) is 21.0. The summed E-state index contributed by atoms with van der Waals surface area (Å²) in [7, 11) is -4.70. The number of carbonyl (C=O) groups excluding carboxylic acids is 3. The van der Waals surface area contributed by atoms with Crippen molar-refractivity contribution in [2.45, 2.75) is 72.4 Å². The molecule has 2 aromatic heterocycles. The van der Waals surface area contributed by atoms with Crippen molar-refractivity contribution in [3.8, 4) is 6.07 Å². The van der Waals surface area contributed by atoms with Crippen LogP contribution in [0.2, 0.25) is 0 Å². The number of anilines is 1. The number of hydrogen-bond donors (Lipinski definition) is 2. The summed E-state index contributed by atoms with van der Waals surface area (Å²) in [5.41, 5.74) is 3.15. The number of rotatable bonds is 13. The number of phosphoric acid groups is 1. The van der Waals surface area contributed by atoms with Crippen LogP contribution in [-0.4, -0.2) is 76.1 Å². The topological polar surface area (TPSA) is 233 Å². The number of ether oxygens (including phenoxy) is 4. The lowest BCUT2D eigenvalue weighted by atomic mass is 9.92. The first-order valence-electron chi connectivity index (χ1n) is 13.9. The van der Waals surface area contributed by atoms with Crippen molar-refractivity contribution in [3.05, 3.63) is 24.2 Å². The smallest absolute Gasteiger partial charge is 0.456 e. The molecule has 3 rings (SSSR count). The third-order valence-electron chi connectivity index (χ3n) is 6.48. The van der Waals surface area contributed by atoms with Gasteiger partial charge in [-0.15, -0.1) is 0 Å². The second-order valence-corrected chi connectivity index (χ2v) is 13.4. The maximum absolute atomic E-state index is 13.6. The predicted molar refractivity (Wildman–Crippen MR) is 152 cm³/mol. The minimum atomic E-state index is -4.70. The van der Waals surface area contributed by atoms with E-state index in [2.05, 4.69) is 10.1 Å². The minimum absolute atomic E-state index is 0.0278. The average molecular weight is 656 g/mol. The van der Waals surface area contributed by atoms with Gasteiger partial charge in [0.25, 0.3) is 0 Å². The van der Waals surface area contributed by atoms with Gasteiger partial charge >= 0.3 is 25.7 Å². The number of nitriles is 1. The second kappa shape index (κ2) is 14.2. The van der Waals surface area contributed by atoms with Gasteiger partial charge in [-0.1, -0.05) is 27.7 Å². The van der Waals surface area contributed by atoms with Gasteiger partial charge in [0, 0.05) is 0 Å². The van der Waals surface area contributed by atoms with Gasteiger partial charge in [0.05, 0.1) is 29.6 Å². The quantitative estimate of drug-likeness (QED) is 0.136. The fraction of sp³-hybridized carbons (Fsp3) is 0.630. The van der Waals surface area contributed by atoms with Crippen LogP contribution in [0.25, 0.3) is 5.52 Å². The van der Waals surface area contributed by atoms with Gasteiger partial charge in [-0.2, -0.15) is 10.4 Å². The van der Waals surface area contributed by atoms with Crippen LogP contribution in [0, 0.1) is 28.6 Å². The summed E-state index contributed by atoms with van der Waals surface area (Å²) in [6, 6.07) is 4.87. The zero-order chi connectivity index (χ0) is 33.7. The molecule has 248 valence electrons. The number of fused-ring (bicyclic) bond motifs is 1. The van der Waals surface area contributed by atoms with Gasteiger partial charge in [0.2, 0.25) is 19.2 Å². The van der Waals surface area contributed by atoms with E-state index < -0.39 is 87.1 Å². The van der Waals surface area contributed by atoms with Crippen molar-refractivity contribution < 1.29 is 56.6 Å². The number of nitrogen functional groups attached to an aromatic ring is 1. The van der Waals surface area contributed by atoms with Gasteiger partial charge in [0.15, 0.2) is 11.9 Å². The van der Waals surface area contributed by atoms with E-state index in [1.165, 1.54) is 16.6 Å². The number of phosphoric ester groups is 1. The van der Waals surface area contributed by atoms with Crippen molar-refractivity contribution in [1.82, 2.24) is 14.6 Å². The molecule has 0 aliphatic carbocycles. The van der Waals surface area contributed by atoms with Crippen molar-refractivity contribution in [2.75, 3.05) is 25.9 Å². The third-order valence-corrected chi connectivity index (χ3v) is 7.79. The number of aliphatic hydroxyl groups is 1. The highest BCUT2D eigenvalue weighted by Crippen LogP contribution is 2.51. The number of nitrogens with two attached hydrogens (primary N) is 1. The second-order valence-electron chi connectivity index (χ2n) is 11.7. The molecule has 5 atom stereocenters. The van der Waals surface area contributed by atoms with Crippen LogP contribution in [0.15, 0.2) is 18.5 Å². The Bertz CT molecular complexity index is 1480. The van der Waals surface area contributed by atoms with E-state index in [1.807, 2.05) is 6.07 Å². The zero-order valence-corrected chi connectivity index (χ0v) is 26.9. The lowest BCUT2D eigenvalue weighted by molar-refractivity contribution is -0.162. The predicted octanol–water partition coefficient (Wildman–Crippen LogP) is 2.22. The summed E-state index contributed by atoms with van der Waals surface area (Å²) in [6.45, 7) is 8.53. The molecule has 0 bridgehead atoms. The molecule has 1 aliphatic heterocycles. The van der Waals surface area contributed by atoms with Gasteiger partial charge in [-0.3, -0.25) is 18.9 Å². The van der Waals surface area contributed by atoms with Crippen LogP contribution >= 0.6 is 7.82 Å². The summed E-state index contributed by atoms with van der Waals surface area (Å²) in [5.74, 6) is -3.18. The molecule has 0 aromatic carbocycles. The van der Waals surface area contributed by atoms with E-state index in [4.69, 9.17) is 38.3 Å². The summed E-state index contributed by atoms with van der Waals surface area (Å²) in [5, 5.41) is 25.9. The van der Waals surface area contributed by atoms with E-state index in [9.17, 15) is 29.3 Å². The Labute approximate surface area is 259 Å². The lowest BCUT2D eigenvalue weighted by Crippen LogP contribution is -2.43. The largest absolute Gasteiger partial charge is 0.480 e. The Morgan fingerprint density at radius 3 is 2.31 bits per heavy atom. The fourth-order valence-corrected chi connectivity index (χ4v) is 4.82. The molecule has 1 fully saturated rings. The van der Waals surface area contributed by atoms with Crippen LogP contribution in [-0.2, 0) is 57.1 Å². The molecule has 0 spiro atoms.